The predicted octanol–water partition coefficient (Wildman–Crippen LogP) is 8.26. The fourth-order valence-corrected chi connectivity index (χ4v) is 4.78. The van der Waals surface area contributed by atoms with Crippen LogP contribution in [-0.4, -0.2) is 46.9 Å². The minimum Gasteiger partial charge on any atom is -0.460 e. The second-order valence-electron chi connectivity index (χ2n) is 10.4. The number of carbonyl (C=O) groups is 2. The molecule has 0 atom stereocenters. The van der Waals surface area contributed by atoms with Crippen molar-refractivity contribution in [3.05, 3.63) is 76.9 Å². The van der Waals surface area contributed by atoms with Crippen molar-refractivity contribution in [1.82, 2.24) is 15.0 Å². The Bertz CT molecular complexity index is 1470. The number of hydrogen-bond acceptors (Lipinski definition) is 7. The molecule has 1 aromatic heterocycles. The van der Waals surface area contributed by atoms with Gasteiger partial charge in [-0.05, 0) is 54.3 Å². The van der Waals surface area contributed by atoms with Crippen molar-refractivity contribution in [3.8, 4) is 11.4 Å². The molecule has 0 unspecified atom stereocenters. The summed E-state index contributed by atoms with van der Waals surface area (Å²) in [6.07, 6.45) is 3.64. The maximum Gasteiger partial charge on any atom is 0.338 e. The van der Waals surface area contributed by atoms with E-state index in [1.54, 1.807) is 24.3 Å². The lowest BCUT2D eigenvalue weighted by molar-refractivity contribution is -0.121. The SMILES string of the molecule is CN(CCOC(=O)c1ccc(-c2nc(C(Cl)(Cl)Cl)nc(C(Cl)(Cl)Cl)n2)cc1)c1ccc(/C=C2\CCC(C)(C)C2=O)cc1. The molecule has 0 bridgehead atoms. The van der Waals surface area contributed by atoms with E-state index in [-0.39, 0.29) is 35.3 Å². The van der Waals surface area contributed by atoms with Gasteiger partial charge in [-0.1, -0.05) is 108 Å². The molecule has 0 N–H and O–H groups in total. The van der Waals surface area contributed by atoms with Gasteiger partial charge in [0.25, 0.3) is 0 Å². The van der Waals surface area contributed by atoms with Crippen molar-refractivity contribution in [2.75, 3.05) is 25.1 Å². The maximum atomic E-state index is 12.6. The fraction of sp³-hybridized carbons (Fsp3) is 0.345. The maximum absolute atomic E-state index is 12.6. The average Bonchev–Trinajstić information content (AvgIpc) is 3.19. The van der Waals surface area contributed by atoms with Gasteiger partial charge in [0.1, 0.15) is 6.61 Å². The zero-order valence-corrected chi connectivity index (χ0v) is 27.3. The molecule has 0 aliphatic heterocycles. The molecule has 222 valence electrons. The normalized spacial score (nSPS) is 16.1. The summed E-state index contributed by atoms with van der Waals surface area (Å²) < 4.78 is 1.50. The van der Waals surface area contributed by atoms with Crippen LogP contribution in [0.4, 0.5) is 5.69 Å². The van der Waals surface area contributed by atoms with E-state index in [0.29, 0.717) is 17.7 Å². The molecular weight excluding hydrogens is 665 g/mol. The highest BCUT2D eigenvalue weighted by atomic mass is 35.6. The standard InChI is InChI=1S/C29H26Cl6N4O3/c1-27(2)13-12-20(22(27)40)16-17-4-10-21(11-5-17)39(3)14-15-42-24(41)19-8-6-18(7-9-19)23-36-25(28(30,31)32)38-26(37-23)29(33,34)35/h4-11,16H,12-15H2,1-3H3/b20-16+. The quantitative estimate of drug-likeness (QED) is 0.140. The molecule has 2 aromatic carbocycles. The van der Waals surface area contributed by atoms with Gasteiger partial charge in [-0.3, -0.25) is 4.79 Å². The Morgan fingerprint density at radius 3 is 2.00 bits per heavy atom. The summed E-state index contributed by atoms with van der Waals surface area (Å²) in [6, 6.07) is 14.2. The van der Waals surface area contributed by atoms with Crippen molar-refractivity contribution >= 4 is 93.1 Å². The lowest BCUT2D eigenvalue weighted by Crippen LogP contribution is -2.23. The highest BCUT2D eigenvalue weighted by Crippen LogP contribution is 2.41. The largest absolute Gasteiger partial charge is 0.460 e. The number of ether oxygens (including phenoxy) is 1. The minimum absolute atomic E-state index is 0.0927. The van der Waals surface area contributed by atoms with E-state index < -0.39 is 13.6 Å². The Hall–Kier alpha value is -2.13. The van der Waals surface area contributed by atoms with E-state index in [4.69, 9.17) is 74.3 Å². The van der Waals surface area contributed by atoms with Gasteiger partial charge in [0.05, 0.1) is 12.1 Å². The average molecular weight is 691 g/mol. The van der Waals surface area contributed by atoms with Crippen molar-refractivity contribution in [2.45, 2.75) is 34.3 Å². The fourth-order valence-electron chi connectivity index (χ4n) is 4.27. The van der Waals surface area contributed by atoms with Gasteiger partial charge in [0.2, 0.25) is 7.59 Å². The third-order valence-corrected chi connectivity index (χ3v) is 7.80. The summed E-state index contributed by atoms with van der Waals surface area (Å²) >= 11 is 35.6. The second-order valence-corrected chi connectivity index (χ2v) is 15.0. The number of ketones is 1. The molecule has 1 saturated carbocycles. The Morgan fingerprint density at radius 2 is 1.50 bits per heavy atom. The van der Waals surface area contributed by atoms with Gasteiger partial charge in [0, 0.05) is 23.7 Å². The van der Waals surface area contributed by atoms with Crippen LogP contribution in [0, 0.1) is 5.41 Å². The highest BCUT2D eigenvalue weighted by molar-refractivity contribution is 6.67. The number of likely N-dealkylation sites (N-methyl/N-ethyl adjacent to an activating group) is 1. The van der Waals surface area contributed by atoms with E-state index in [0.717, 1.165) is 29.7 Å². The number of allylic oxidation sites excluding steroid dienone is 1. The summed E-state index contributed by atoms with van der Waals surface area (Å²) in [5, 5.41) is 0. The Kier molecular flexibility index (Phi) is 10.0. The second kappa shape index (κ2) is 12.8. The minimum atomic E-state index is -1.98. The van der Waals surface area contributed by atoms with Gasteiger partial charge in [-0.15, -0.1) is 0 Å². The van der Waals surface area contributed by atoms with E-state index in [1.165, 1.54) is 0 Å². The molecule has 13 heteroatoms. The zero-order chi connectivity index (χ0) is 30.9. The number of hydrogen-bond donors (Lipinski definition) is 0. The summed E-state index contributed by atoms with van der Waals surface area (Å²) in [6.45, 7) is 4.62. The zero-order valence-electron chi connectivity index (χ0n) is 22.8. The molecule has 42 heavy (non-hydrogen) atoms. The number of anilines is 1. The van der Waals surface area contributed by atoms with Crippen LogP contribution in [0.15, 0.2) is 54.1 Å². The first kappa shape index (κ1) is 32.8. The topological polar surface area (TPSA) is 85.3 Å². The van der Waals surface area contributed by atoms with Crippen LogP contribution in [0.1, 0.15) is 54.3 Å². The molecular formula is C29H26Cl6N4O3. The number of rotatable bonds is 7. The number of benzene rings is 2. The van der Waals surface area contributed by atoms with Gasteiger partial charge in [0.15, 0.2) is 23.3 Å². The van der Waals surface area contributed by atoms with Crippen LogP contribution in [0.3, 0.4) is 0 Å². The highest BCUT2D eigenvalue weighted by Gasteiger charge is 2.36. The first-order valence-corrected chi connectivity index (χ1v) is 15.1. The van der Waals surface area contributed by atoms with Crippen LogP contribution in [0.5, 0.6) is 0 Å². The van der Waals surface area contributed by atoms with E-state index >= 15 is 0 Å². The molecule has 4 rings (SSSR count). The number of aromatic nitrogens is 3. The Labute approximate surface area is 274 Å². The van der Waals surface area contributed by atoms with Crippen molar-refractivity contribution in [3.63, 3.8) is 0 Å². The third kappa shape index (κ3) is 8.07. The summed E-state index contributed by atoms with van der Waals surface area (Å²) in [7, 11) is 1.91. The smallest absolute Gasteiger partial charge is 0.338 e. The third-order valence-electron chi connectivity index (χ3n) is 6.78. The lowest BCUT2D eigenvalue weighted by atomic mass is 9.90. The van der Waals surface area contributed by atoms with E-state index in [2.05, 4.69) is 15.0 Å². The van der Waals surface area contributed by atoms with Gasteiger partial charge >= 0.3 is 5.97 Å². The van der Waals surface area contributed by atoms with Crippen molar-refractivity contribution in [1.29, 1.82) is 0 Å². The molecule has 0 spiro atoms. The summed E-state index contributed by atoms with van der Waals surface area (Å²) in [5.74, 6) is -0.623. The first-order chi connectivity index (χ1) is 19.5. The van der Waals surface area contributed by atoms with Gasteiger partial charge in [-0.2, -0.15) is 0 Å². The van der Waals surface area contributed by atoms with Gasteiger partial charge in [-0.25, -0.2) is 19.7 Å². The van der Waals surface area contributed by atoms with Crippen LogP contribution in [-0.2, 0) is 17.1 Å². The van der Waals surface area contributed by atoms with Crippen LogP contribution in [0.25, 0.3) is 17.5 Å². The van der Waals surface area contributed by atoms with Crippen LogP contribution < -0.4 is 4.90 Å². The number of carbonyl (C=O) groups excluding carboxylic acids is 2. The summed E-state index contributed by atoms with van der Waals surface area (Å²) in [5.41, 5.74) is 3.31. The molecule has 0 amide bonds. The molecule has 0 saturated heterocycles. The number of Topliss-reactive ketones (excluding diaryl/α,β-unsaturated/α-hetero) is 1. The molecule has 1 fully saturated rings. The van der Waals surface area contributed by atoms with Crippen LogP contribution >= 0.6 is 69.6 Å². The molecule has 1 aliphatic rings. The van der Waals surface area contributed by atoms with Gasteiger partial charge < -0.3 is 9.64 Å². The van der Waals surface area contributed by atoms with E-state index in [9.17, 15) is 9.59 Å². The number of nitrogens with zero attached hydrogens (tertiary/aromatic N) is 4. The number of esters is 1. The Morgan fingerprint density at radius 1 is 0.929 bits per heavy atom. The lowest BCUT2D eigenvalue weighted by Gasteiger charge is -2.19. The Balaban J connectivity index is 1.35. The predicted molar refractivity (Wildman–Crippen MR) is 170 cm³/mol. The molecule has 7 nitrogen and oxygen atoms in total. The molecule has 0 radical (unpaired) electrons. The molecule has 3 aromatic rings. The summed E-state index contributed by atoms with van der Waals surface area (Å²) in [4.78, 5) is 39.4. The van der Waals surface area contributed by atoms with Crippen molar-refractivity contribution < 1.29 is 14.3 Å². The monoisotopic (exact) mass is 688 g/mol. The van der Waals surface area contributed by atoms with E-state index in [1.807, 2.05) is 56.1 Å². The van der Waals surface area contributed by atoms with Crippen molar-refractivity contribution in [2.24, 2.45) is 5.41 Å². The number of alkyl halides is 6. The van der Waals surface area contributed by atoms with Crippen LogP contribution in [0.2, 0.25) is 0 Å². The number of halogens is 6. The first-order valence-electron chi connectivity index (χ1n) is 12.8. The molecule has 1 aliphatic carbocycles. The molecule has 1 heterocycles.